The predicted octanol–water partition coefficient (Wildman–Crippen LogP) is 0.383. The van der Waals surface area contributed by atoms with E-state index in [1.165, 1.54) is 0 Å². The van der Waals surface area contributed by atoms with Crippen LogP contribution < -0.4 is 0 Å². The Labute approximate surface area is 78.7 Å². The molecule has 0 bridgehead atoms. The Balaban J connectivity index is 2.49. The van der Waals surface area contributed by atoms with Gasteiger partial charge < -0.3 is 10.0 Å². The Kier molecular flexibility index (Phi) is 2.94. The maximum Gasteiger partial charge on any atom is 0.298 e. The van der Waals surface area contributed by atoms with E-state index in [0.717, 1.165) is 0 Å². The number of carbonyl (C=O) groups excluding carboxylic acids is 1. The molecule has 0 saturated carbocycles. The van der Waals surface area contributed by atoms with Crippen molar-refractivity contribution >= 4 is 5.91 Å². The summed E-state index contributed by atoms with van der Waals surface area (Å²) in [7, 11) is 0. The van der Waals surface area contributed by atoms with Crippen molar-refractivity contribution in [3.8, 4) is 11.8 Å². The average Bonchev–Trinajstić information content (AvgIpc) is 2.04. The van der Waals surface area contributed by atoms with E-state index in [1.54, 1.807) is 18.7 Å². The van der Waals surface area contributed by atoms with Gasteiger partial charge in [-0.15, -0.1) is 0 Å². The third-order valence-corrected chi connectivity index (χ3v) is 2.36. The zero-order valence-corrected chi connectivity index (χ0v) is 8.13. The van der Waals surface area contributed by atoms with E-state index < -0.39 is 5.60 Å². The Morgan fingerprint density at radius 2 is 2.00 bits per heavy atom. The zero-order valence-electron chi connectivity index (χ0n) is 8.13. The van der Waals surface area contributed by atoms with Gasteiger partial charge in [0, 0.05) is 13.1 Å². The van der Waals surface area contributed by atoms with E-state index in [1.807, 2.05) is 0 Å². The smallest absolute Gasteiger partial charge is 0.298 e. The lowest BCUT2D eigenvalue weighted by Gasteiger charge is -2.34. The highest BCUT2D eigenvalue weighted by molar-refractivity contribution is 5.93. The van der Waals surface area contributed by atoms with Gasteiger partial charge in [0.2, 0.25) is 0 Å². The second-order valence-corrected chi connectivity index (χ2v) is 3.66. The molecule has 72 valence electrons. The van der Waals surface area contributed by atoms with Crippen LogP contribution in [-0.2, 0) is 4.79 Å². The van der Waals surface area contributed by atoms with Gasteiger partial charge in [-0.2, -0.15) is 0 Å². The topological polar surface area (TPSA) is 40.5 Å². The molecule has 13 heavy (non-hydrogen) atoms. The number of nitrogens with zero attached hydrogens (tertiary/aromatic N) is 1. The first-order valence-electron chi connectivity index (χ1n) is 4.49. The van der Waals surface area contributed by atoms with E-state index in [4.69, 9.17) is 0 Å². The highest BCUT2D eigenvalue weighted by atomic mass is 16.3. The molecule has 1 aliphatic rings. The first-order chi connectivity index (χ1) is 6.05. The van der Waals surface area contributed by atoms with Gasteiger partial charge in [0.15, 0.2) is 0 Å². The third kappa shape index (κ3) is 2.74. The minimum absolute atomic E-state index is 0.127. The Hall–Kier alpha value is -1.01. The summed E-state index contributed by atoms with van der Waals surface area (Å²) in [6.07, 6.45) is 1.29. The van der Waals surface area contributed by atoms with Crippen molar-refractivity contribution in [2.24, 2.45) is 0 Å². The van der Waals surface area contributed by atoms with Crippen molar-refractivity contribution in [1.82, 2.24) is 4.90 Å². The molecule has 1 aliphatic heterocycles. The van der Waals surface area contributed by atoms with Crippen LogP contribution in [0.3, 0.4) is 0 Å². The largest absolute Gasteiger partial charge is 0.390 e. The summed E-state index contributed by atoms with van der Waals surface area (Å²) < 4.78 is 0. The maximum absolute atomic E-state index is 11.3. The molecule has 3 nitrogen and oxygen atoms in total. The fraction of sp³-hybridized carbons (Fsp3) is 0.700. The molecule has 0 aromatic rings. The van der Waals surface area contributed by atoms with Crippen LogP contribution in [0, 0.1) is 11.8 Å². The number of amides is 1. The molecule has 0 aliphatic carbocycles. The number of likely N-dealkylation sites (tertiary alicyclic amines) is 1. The molecule has 1 saturated heterocycles. The van der Waals surface area contributed by atoms with Crippen molar-refractivity contribution in [3.63, 3.8) is 0 Å². The van der Waals surface area contributed by atoms with Crippen LogP contribution in [0.2, 0.25) is 0 Å². The summed E-state index contributed by atoms with van der Waals surface area (Å²) in [5.74, 6) is 4.95. The fourth-order valence-electron chi connectivity index (χ4n) is 1.38. The first-order valence-corrected chi connectivity index (χ1v) is 4.49. The van der Waals surface area contributed by atoms with Gasteiger partial charge in [-0.3, -0.25) is 4.79 Å². The molecule has 3 heteroatoms. The van der Waals surface area contributed by atoms with Gasteiger partial charge in [-0.1, -0.05) is 5.92 Å². The minimum atomic E-state index is -0.601. The Bertz CT molecular complexity index is 250. The minimum Gasteiger partial charge on any atom is -0.390 e. The summed E-state index contributed by atoms with van der Waals surface area (Å²) in [4.78, 5) is 13.0. The van der Waals surface area contributed by atoms with Gasteiger partial charge in [0.25, 0.3) is 5.91 Å². The molecule has 0 unspecified atom stereocenters. The monoisotopic (exact) mass is 181 g/mol. The SMILES string of the molecule is CC#CC(=O)N1CCC(C)(O)CC1. The molecule has 1 N–H and O–H groups in total. The van der Waals surface area contributed by atoms with Gasteiger partial charge >= 0.3 is 0 Å². The second kappa shape index (κ2) is 3.80. The van der Waals surface area contributed by atoms with Crippen molar-refractivity contribution in [2.75, 3.05) is 13.1 Å². The van der Waals surface area contributed by atoms with E-state index in [9.17, 15) is 9.90 Å². The summed E-state index contributed by atoms with van der Waals surface area (Å²) in [5, 5.41) is 9.63. The number of hydrogen-bond donors (Lipinski definition) is 1. The molecule has 0 spiro atoms. The fourth-order valence-corrected chi connectivity index (χ4v) is 1.38. The number of hydrogen-bond acceptors (Lipinski definition) is 2. The highest BCUT2D eigenvalue weighted by Crippen LogP contribution is 2.20. The number of rotatable bonds is 0. The lowest BCUT2D eigenvalue weighted by atomic mass is 9.94. The van der Waals surface area contributed by atoms with Crippen LogP contribution in [0.5, 0.6) is 0 Å². The summed E-state index contributed by atoms with van der Waals surface area (Å²) in [6, 6.07) is 0. The quantitative estimate of drug-likeness (QED) is 0.549. The number of aliphatic hydroxyl groups is 1. The summed E-state index contributed by atoms with van der Waals surface area (Å²) in [6.45, 7) is 4.68. The van der Waals surface area contributed by atoms with Crippen LogP contribution >= 0.6 is 0 Å². The zero-order chi connectivity index (χ0) is 9.90. The lowest BCUT2D eigenvalue weighted by molar-refractivity contribution is -0.128. The van der Waals surface area contributed by atoms with Gasteiger partial charge in [0.05, 0.1) is 5.60 Å². The van der Waals surface area contributed by atoms with E-state index >= 15 is 0 Å². The van der Waals surface area contributed by atoms with E-state index in [0.29, 0.717) is 25.9 Å². The van der Waals surface area contributed by atoms with Crippen LogP contribution in [0.15, 0.2) is 0 Å². The number of carbonyl (C=O) groups is 1. The van der Waals surface area contributed by atoms with Crippen LogP contribution in [0.1, 0.15) is 26.7 Å². The summed E-state index contributed by atoms with van der Waals surface area (Å²) in [5.41, 5.74) is -0.601. The Morgan fingerprint density at radius 3 is 2.46 bits per heavy atom. The molecular formula is C10H15NO2. The molecule has 1 rings (SSSR count). The first kappa shape index (κ1) is 10.1. The normalized spacial score (nSPS) is 20.4. The molecule has 1 amide bonds. The maximum atomic E-state index is 11.3. The van der Waals surface area contributed by atoms with Gasteiger partial charge in [0.1, 0.15) is 0 Å². The third-order valence-electron chi connectivity index (χ3n) is 2.36. The summed E-state index contributed by atoms with van der Waals surface area (Å²) >= 11 is 0. The molecule has 1 fully saturated rings. The van der Waals surface area contributed by atoms with Crippen molar-refractivity contribution < 1.29 is 9.90 Å². The standard InChI is InChI=1S/C10H15NO2/c1-3-4-9(12)11-7-5-10(2,13)6-8-11/h13H,5-8H2,1-2H3. The van der Waals surface area contributed by atoms with Crippen molar-refractivity contribution in [1.29, 1.82) is 0 Å². The molecule has 0 aromatic carbocycles. The molecule has 0 aromatic heterocycles. The Morgan fingerprint density at radius 1 is 1.46 bits per heavy atom. The van der Waals surface area contributed by atoms with E-state index in [2.05, 4.69) is 11.8 Å². The average molecular weight is 181 g/mol. The molecule has 0 atom stereocenters. The van der Waals surface area contributed by atoms with Crippen LogP contribution in [-0.4, -0.2) is 34.6 Å². The molecular weight excluding hydrogens is 166 g/mol. The highest BCUT2D eigenvalue weighted by Gasteiger charge is 2.28. The van der Waals surface area contributed by atoms with Crippen LogP contribution in [0.4, 0.5) is 0 Å². The van der Waals surface area contributed by atoms with Crippen molar-refractivity contribution in [3.05, 3.63) is 0 Å². The molecule has 1 heterocycles. The second-order valence-electron chi connectivity index (χ2n) is 3.66. The van der Waals surface area contributed by atoms with Crippen LogP contribution in [0.25, 0.3) is 0 Å². The van der Waals surface area contributed by atoms with Gasteiger partial charge in [-0.25, -0.2) is 0 Å². The predicted molar refractivity (Wildman–Crippen MR) is 49.9 cm³/mol. The van der Waals surface area contributed by atoms with Crippen molar-refractivity contribution in [2.45, 2.75) is 32.3 Å². The van der Waals surface area contributed by atoms with E-state index in [-0.39, 0.29) is 5.91 Å². The lowest BCUT2D eigenvalue weighted by Crippen LogP contribution is -2.44. The molecule has 0 radical (unpaired) electrons. The van der Waals surface area contributed by atoms with Gasteiger partial charge in [-0.05, 0) is 32.6 Å². The number of piperidine rings is 1.